The molecule has 1 amide bonds. The van der Waals surface area contributed by atoms with Gasteiger partial charge < -0.3 is 11.1 Å². The van der Waals surface area contributed by atoms with Crippen molar-refractivity contribution >= 4 is 5.91 Å². The van der Waals surface area contributed by atoms with Crippen molar-refractivity contribution in [3.05, 3.63) is 0 Å². The van der Waals surface area contributed by atoms with E-state index in [1.807, 2.05) is 0 Å². The van der Waals surface area contributed by atoms with Crippen LogP contribution in [0.1, 0.15) is 60.3 Å². The van der Waals surface area contributed by atoms with Crippen LogP contribution in [0.15, 0.2) is 0 Å². The van der Waals surface area contributed by atoms with Crippen molar-refractivity contribution in [1.29, 1.82) is 0 Å². The minimum absolute atomic E-state index is 0.0447. The van der Waals surface area contributed by atoms with Crippen LogP contribution < -0.4 is 11.1 Å². The summed E-state index contributed by atoms with van der Waals surface area (Å²) < 4.78 is 0. The molecule has 0 aromatic rings. The van der Waals surface area contributed by atoms with Crippen molar-refractivity contribution < 1.29 is 4.79 Å². The topological polar surface area (TPSA) is 55.1 Å². The standard InChI is InChI=1S/C16H30N2O/c1-10(2)8-12(17)14(19)18-13-9-11-6-7-16(13,5)15(11,3)4/h10-13H,6-9,17H2,1-5H3,(H,18,19). The van der Waals surface area contributed by atoms with Crippen molar-refractivity contribution in [2.24, 2.45) is 28.4 Å². The molecule has 2 bridgehead atoms. The zero-order chi connectivity index (χ0) is 14.4. The van der Waals surface area contributed by atoms with Gasteiger partial charge in [-0.1, -0.05) is 34.6 Å². The van der Waals surface area contributed by atoms with Crippen LogP contribution in [0.3, 0.4) is 0 Å². The first kappa shape index (κ1) is 14.8. The van der Waals surface area contributed by atoms with Crippen LogP contribution >= 0.6 is 0 Å². The molecule has 0 radical (unpaired) electrons. The van der Waals surface area contributed by atoms with Crippen LogP contribution in [0.4, 0.5) is 0 Å². The Kier molecular flexibility index (Phi) is 3.72. The predicted octanol–water partition coefficient (Wildman–Crippen LogP) is 2.69. The monoisotopic (exact) mass is 266 g/mol. The van der Waals surface area contributed by atoms with Crippen LogP contribution in [0, 0.1) is 22.7 Å². The molecule has 3 nitrogen and oxygen atoms in total. The number of fused-ring (bicyclic) bond motifs is 2. The van der Waals surface area contributed by atoms with Gasteiger partial charge in [-0.15, -0.1) is 0 Å². The molecule has 2 fully saturated rings. The molecule has 0 spiro atoms. The highest BCUT2D eigenvalue weighted by Gasteiger charge is 2.61. The zero-order valence-electron chi connectivity index (χ0n) is 13.1. The third kappa shape index (κ3) is 2.31. The van der Waals surface area contributed by atoms with E-state index in [4.69, 9.17) is 5.73 Å². The van der Waals surface area contributed by atoms with E-state index in [0.717, 1.165) is 18.8 Å². The van der Waals surface area contributed by atoms with Crippen molar-refractivity contribution in [3.63, 3.8) is 0 Å². The fraction of sp³-hybridized carbons (Fsp3) is 0.938. The second kappa shape index (κ2) is 4.76. The maximum Gasteiger partial charge on any atom is 0.237 e. The lowest BCUT2D eigenvalue weighted by molar-refractivity contribution is -0.124. The molecular formula is C16H30N2O. The number of amides is 1. The summed E-state index contributed by atoms with van der Waals surface area (Å²) in [5.74, 6) is 1.26. The second-order valence-corrected chi connectivity index (χ2v) is 7.91. The summed E-state index contributed by atoms with van der Waals surface area (Å²) in [6, 6.07) is -0.0437. The molecule has 3 heteroatoms. The molecule has 0 aliphatic heterocycles. The Bertz CT molecular complexity index is 364. The minimum Gasteiger partial charge on any atom is -0.351 e. The minimum atomic E-state index is -0.356. The van der Waals surface area contributed by atoms with E-state index in [2.05, 4.69) is 39.9 Å². The van der Waals surface area contributed by atoms with Crippen LogP contribution in [0.5, 0.6) is 0 Å². The van der Waals surface area contributed by atoms with Crippen molar-refractivity contribution in [1.82, 2.24) is 5.32 Å². The summed E-state index contributed by atoms with van der Waals surface area (Å²) >= 11 is 0. The Morgan fingerprint density at radius 3 is 2.42 bits per heavy atom. The van der Waals surface area contributed by atoms with Gasteiger partial charge in [-0.05, 0) is 48.3 Å². The van der Waals surface area contributed by atoms with E-state index in [0.29, 0.717) is 17.4 Å². The largest absolute Gasteiger partial charge is 0.351 e. The molecule has 19 heavy (non-hydrogen) atoms. The maximum atomic E-state index is 12.2. The Morgan fingerprint density at radius 2 is 2.00 bits per heavy atom. The Hall–Kier alpha value is -0.570. The van der Waals surface area contributed by atoms with E-state index in [9.17, 15) is 4.79 Å². The molecular weight excluding hydrogens is 236 g/mol. The second-order valence-electron chi connectivity index (χ2n) is 7.91. The molecule has 3 N–H and O–H groups in total. The molecule has 0 aromatic carbocycles. The number of nitrogens with two attached hydrogens (primary N) is 1. The lowest BCUT2D eigenvalue weighted by atomic mass is 9.69. The van der Waals surface area contributed by atoms with Gasteiger partial charge in [0, 0.05) is 6.04 Å². The third-order valence-electron chi connectivity index (χ3n) is 6.17. The van der Waals surface area contributed by atoms with E-state index in [1.165, 1.54) is 12.8 Å². The molecule has 0 saturated heterocycles. The molecule has 2 aliphatic rings. The first-order valence-electron chi connectivity index (χ1n) is 7.74. The fourth-order valence-corrected chi connectivity index (χ4v) is 4.32. The lowest BCUT2D eigenvalue weighted by Crippen LogP contribution is -2.51. The molecule has 0 heterocycles. The summed E-state index contributed by atoms with van der Waals surface area (Å²) in [4.78, 5) is 12.2. The Balaban J connectivity index is 2.00. The first-order valence-corrected chi connectivity index (χ1v) is 7.74. The van der Waals surface area contributed by atoms with Crippen LogP contribution in [0.25, 0.3) is 0 Å². The lowest BCUT2D eigenvalue weighted by Gasteiger charge is -2.39. The highest BCUT2D eigenvalue weighted by Crippen LogP contribution is 2.65. The van der Waals surface area contributed by atoms with E-state index >= 15 is 0 Å². The quantitative estimate of drug-likeness (QED) is 0.822. The van der Waals surface area contributed by atoms with Crippen LogP contribution in [0.2, 0.25) is 0 Å². The van der Waals surface area contributed by atoms with Gasteiger partial charge in [0.1, 0.15) is 0 Å². The van der Waals surface area contributed by atoms with Crippen molar-refractivity contribution in [3.8, 4) is 0 Å². The summed E-state index contributed by atoms with van der Waals surface area (Å²) in [7, 11) is 0. The maximum absolute atomic E-state index is 12.2. The summed E-state index contributed by atoms with van der Waals surface area (Å²) in [5.41, 5.74) is 6.57. The summed E-state index contributed by atoms with van der Waals surface area (Å²) in [5, 5.41) is 3.25. The molecule has 0 aromatic heterocycles. The van der Waals surface area contributed by atoms with Gasteiger partial charge >= 0.3 is 0 Å². The average molecular weight is 266 g/mol. The van der Waals surface area contributed by atoms with Gasteiger partial charge in [-0.25, -0.2) is 0 Å². The van der Waals surface area contributed by atoms with Crippen LogP contribution in [-0.4, -0.2) is 18.0 Å². The highest BCUT2D eigenvalue weighted by atomic mass is 16.2. The van der Waals surface area contributed by atoms with Gasteiger partial charge in [0.25, 0.3) is 0 Å². The number of hydrogen-bond donors (Lipinski definition) is 2. The van der Waals surface area contributed by atoms with E-state index in [1.54, 1.807) is 0 Å². The Morgan fingerprint density at radius 1 is 1.37 bits per heavy atom. The summed E-state index contributed by atoms with van der Waals surface area (Å²) in [6.45, 7) is 11.3. The predicted molar refractivity (Wildman–Crippen MR) is 78.6 cm³/mol. The molecule has 2 rings (SSSR count). The van der Waals surface area contributed by atoms with Crippen molar-refractivity contribution in [2.45, 2.75) is 72.4 Å². The van der Waals surface area contributed by atoms with Gasteiger partial charge in [0.2, 0.25) is 5.91 Å². The van der Waals surface area contributed by atoms with Gasteiger partial charge in [0.05, 0.1) is 6.04 Å². The normalized spacial score (nSPS) is 37.6. The number of rotatable bonds is 4. The number of hydrogen-bond acceptors (Lipinski definition) is 2. The number of carbonyl (C=O) groups is 1. The highest BCUT2D eigenvalue weighted by molar-refractivity contribution is 5.81. The Labute approximate surface area is 117 Å². The third-order valence-corrected chi connectivity index (χ3v) is 6.17. The molecule has 4 unspecified atom stereocenters. The average Bonchev–Trinajstić information content (AvgIpc) is 2.61. The molecule has 4 atom stereocenters. The summed E-state index contributed by atoms with van der Waals surface area (Å²) in [6.07, 6.45) is 4.44. The van der Waals surface area contributed by atoms with E-state index < -0.39 is 0 Å². The van der Waals surface area contributed by atoms with Crippen molar-refractivity contribution in [2.75, 3.05) is 0 Å². The smallest absolute Gasteiger partial charge is 0.237 e. The molecule has 2 saturated carbocycles. The zero-order valence-corrected chi connectivity index (χ0v) is 13.1. The molecule has 2 aliphatic carbocycles. The van der Waals surface area contributed by atoms with Gasteiger partial charge in [0.15, 0.2) is 0 Å². The van der Waals surface area contributed by atoms with Gasteiger partial charge in [-0.3, -0.25) is 4.79 Å². The number of carbonyl (C=O) groups excluding carboxylic acids is 1. The van der Waals surface area contributed by atoms with E-state index in [-0.39, 0.29) is 17.4 Å². The number of nitrogens with one attached hydrogen (secondary N) is 1. The van der Waals surface area contributed by atoms with Gasteiger partial charge in [-0.2, -0.15) is 0 Å². The molecule has 110 valence electrons. The first-order chi connectivity index (χ1) is 8.68. The fourth-order valence-electron chi connectivity index (χ4n) is 4.32. The SMILES string of the molecule is CC(C)CC(N)C(=O)NC1CC2CCC1(C)C2(C)C. The van der Waals surface area contributed by atoms with Crippen LogP contribution in [-0.2, 0) is 4.79 Å².